The molecular weight excluding hydrogens is 420 g/mol. The van der Waals surface area contributed by atoms with E-state index in [4.69, 9.17) is 10.5 Å². The summed E-state index contributed by atoms with van der Waals surface area (Å²) < 4.78 is 5.41. The summed E-state index contributed by atoms with van der Waals surface area (Å²) >= 11 is 0. The fraction of sp³-hybridized carbons (Fsp3) is 0.292. The van der Waals surface area contributed by atoms with E-state index in [1.54, 1.807) is 18.3 Å². The van der Waals surface area contributed by atoms with Crippen LogP contribution in [0.15, 0.2) is 60.8 Å². The summed E-state index contributed by atoms with van der Waals surface area (Å²) in [6, 6.07) is 16.3. The Balaban J connectivity index is 1.41. The summed E-state index contributed by atoms with van der Waals surface area (Å²) in [6.07, 6.45) is 0.774. The first kappa shape index (κ1) is 22.7. The van der Waals surface area contributed by atoms with Crippen molar-refractivity contribution < 1.29 is 14.6 Å². The van der Waals surface area contributed by atoms with E-state index in [0.29, 0.717) is 11.6 Å². The van der Waals surface area contributed by atoms with Gasteiger partial charge in [0.1, 0.15) is 6.04 Å². The molecule has 1 saturated heterocycles. The molecule has 2 aromatic carbocycles. The van der Waals surface area contributed by atoms with Crippen LogP contribution in [0.4, 0.5) is 23.0 Å². The molecule has 0 aliphatic carbocycles. The number of anilines is 4. The number of nitrogens with one attached hydrogen (secondary N) is 2. The minimum atomic E-state index is -0.983. The summed E-state index contributed by atoms with van der Waals surface area (Å²) in [7, 11) is 0. The van der Waals surface area contributed by atoms with Crippen LogP contribution in [0.5, 0.6) is 0 Å². The van der Waals surface area contributed by atoms with Crippen molar-refractivity contribution in [2.24, 2.45) is 5.73 Å². The van der Waals surface area contributed by atoms with E-state index in [-0.39, 0.29) is 0 Å². The zero-order valence-corrected chi connectivity index (χ0v) is 18.4. The predicted octanol–water partition coefficient (Wildman–Crippen LogP) is 2.37. The van der Waals surface area contributed by atoms with Gasteiger partial charge in [-0.15, -0.1) is 0 Å². The van der Waals surface area contributed by atoms with E-state index in [2.05, 4.69) is 37.6 Å². The Morgan fingerprint density at radius 1 is 1.06 bits per heavy atom. The van der Waals surface area contributed by atoms with Gasteiger partial charge in [0.05, 0.1) is 25.0 Å². The molecule has 33 heavy (non-hydrogen) atoms. The van der Waals surface area contributed by atoms with E-state index in [1.807, 2.05) is 30.3 Å². The number of ether oxygens (including phenoxy) is 1. The molecule has 4 rings (SSSR count). The smallest absolute Gasteiger partial charge is 0.243 e. The average molecular weight is 449 g/mol. The molecule has 0 saturated carbocycles. The van der Waals surface area contributed by atoms with Crippen molar-refractivity contribution in [1.82, 2.24) is 9.97 Å². The van der Waals surface area contributed by atoms with E-state index >= 15 is 0 Å². The Labute approximate surface area is 192 Å². The molecule has 0 spiro atoms. The highest BCUT2D eigenvalue weighted by Crippen LogP contribution is 2.23. The number of nitrogens with two attached hydrogens (primary N) is 1. The highest BCUT2D eigenvalue weighted by molar-refractivity contribution is 5.95. The van der Waals surface area contributed by atoms with Crippen LogP contribution in [0.25, 0.3) is 11.3 Å². The third-order valence-electron chi connectivity index (χ3n) is 5.43. The number of benzene rings is 2. The first-order valence-electron chi connectivity index (χ1n) is 10.9. The highest BCUT2D eigenvalue weighted by Gasteiger charge is 2.18. The van der Waals surface area contributed by atoms with Gasteiger partial charge < -0.3 is 31.1 Å². The largest absolute Gasteiger partial charge is 0.391 e. The monoisotopic (exact) mass is 448 g/mol. The number of carbonyl (C=O) groups excluding carboxylic acids is 1. The molecular formula is C24H28N6O3. The fourth-order valence-electron chi connectivity index (χ4n) is 3.45. The lowest BCUT2D eigenvalue weighted by Gasteiger charge is -2.28. The molecule has 3 aromatic rings. The fourth-order valence-corrected chi connectivity index (χ4v) is 3.45. The second-order valence-electron chi connectivity index (χ2n) is 7.87. The molecule has 0 unspecified atom stereocenters. The third kappa shape index (κ3) is 5.83. The van der Waals surface area contributed by atoms with Crippen LogP contribution < -0.4 is 21.3 Å². The first-order chi connectivity index (χ1) is 16.0. The summed E-state index contributed by atoms with van der Waals surface area (Å²) in [6.45, 7) is 4.78. The van der Waals surface area contributed by atoms with Crippen molar-refractivity contribution in [1.29, 1.82) is 0 Å². The highest BCUT2D eigenvalue weighted by atomic mass is 16.5. The molecule has 1 fully saturated rings. The second kappa shape index (κ2) is 10.4. The van der Waals surface area contributed by atoms with Crippen LogP contribution in [-0.4, -0.2) is 59.4 Å². The molecule has 1 aliphatic heterocycles. The zero-order valence-electron chi connectivity index (χ0n) is 18.4. The predicted molar refractivity (Wildman–Crippen MR) is 129 cm³/mol. The summed E-state index contributed by atoms with van der Waals surface area (Å²) in [4.78, 5) is 23.2. The summed E-state index contributed by atoms with van der Waals surface area (Å²) in [5.41, 5.74) is 9.94. The quantitative estimate of drug-likeness (QED) is 0.434. The van der Waals surface area contributed by atoms with Gasteiger partial charge in [0.15, 0.2) is 0 Å². The van der Waals surface area contributed by atoms with Gasteiger partial charge in [0.25, 0.3) is 0 Å². The van der Waals surface area contributed by atoms with E-state index < -0.39 is 18.1 Å². The molecule has 0 bridgehead atoms. The van der Waals surface area contributed by atoms with Crippen LogP contribution in [0.3, 0.4) is 0 Å². The lowest BCUT2D eigenvalue weighted by molar-refractivity contribution is -0.119. The number of aliphatic hydroxyl groups is 1. The maximum Gasteiger partial charge on any atom is 0.243 e. The normalized spacial score (nSPS) is 15.5. The SMILES string of the molecule is C[C@H](O)[C@@H](N)C(=O)Nc1ccc(-c2ccnc(Nc3ccc(N4CCOCC4)cc3)n2)cc1. The Morgan fingerprint density at radius 3 is 2.39 bits per heavy atom. The van der Waals surface area contributed by atoms with Gasteiger partial charge in [0.2, 0.25) is 11.9 Å². The molecule has 172 valence electrons. The zero-order chi connectivity index (χ0) is 23.2. The number of aliphatic hydroxyl groups excluding tert-OH is 1. The number of hydrogen-bond acceptors (Lipinski definition) is 8. The Bertz CT molecular complexity index is 1070. The second-order valence-corrected chi connectivity index (χ2v) is 7.87. The molecule has 9 nitrogen and oxygen atoms in total. The van der Waals surface area contributed by atoms with Crippen molar-refractivity contribution in [2.45, 2.75) is 19.1 Å². The summed E-state index contributed by atoms with van der Waals surface area (Å²) in [5.74, 6) is 0.0535. The average Bonchev–Trinajstić information content (AvgIpc) is 2.85. The summed E-state index contributed by atoms with van der Waals surface area (Å²) in [5, 5.41) is 15.4. The molecule has 2 atom stereocenters. The van der Waals surface area contributed by atoms with Gasteiger partial charge >= 0.3 is 0 Å². The third-order valence-corrected chi connectivity index (χ3v) is 5.43. The van der Waals surface area contributed by atoms with Crippen LogP contribution in [0.1, 0.15) is 6.92 Å². The van der Waals surface area contributed by atoms with Crippen molar-refractivity contribution in [3.05, 3.63) is 60.8 Å². The molecule has 5 N–H and O–H groups in total. The number of hydrogen-bond donors (Lipinski definition) is 4. The van der Waals surface area contributed by atoms with E-state index in [9.17, 15) is 9.90 Å². The minimum absolute atomic E-state index is 0.439. The van der Waals surface area contributed by atoms with Gasteiger partial charge in [-0.2, -0.15) is 0 Å². The van der Waals surface area contributed by atoms with Crippen molar-refractivity contribution in [3.63, 3.8) is 0 Å². The number of aromatic nitrogens is 2. The van der Waals surface area contributed by atoms with Crippen molar-refractivity contribution in [2.75, 3.05) is 41.8 Å². The lowest BCUT2D eigenvalue weighted by Crippen LogP contribution is -2.43. The van der Waals surface area contributed by atoms with Gasteiger partial charge in [0, 0.05) is 41.9 Å². The maximum absolute atomic E-state index is 12.0. The van der Waals surface area contributed by atoms with Crippen LogP contribution >= 0.6 is 0 Å². The number of morpholine rings is 1. The number of carbonyl (C=O) groups is 1. The van der Waals surface area contributed by atoms with E-state index in [1.165, 1.54) is 12.6 Å². The van der Waals surface area contributed by atoms with Gasteiger partial charge in [-0.25, -0.2) is 9.97 Å². The van der Waals surface area contributed by atoms with Crippen molar-refractivity contribution in [3.8, 4) is 11.3 Å². The molecule has 1 amide bonds. The Kier molecular flexibility index (Phi) is 7.13. The molecule has 1 aliphatic rings. The van der Waals surface area contributed by atoms with E-state index in [0.717, 1.165) is 43.2 Å². The van der Waals surface area contributed by atoms with Crippen LogP contribution in [0, 0.1) is 0 Å². The van der Waals surface area contributed by atoms with Gasteiger partial charge in [-0.05, 0) is 49.4 Å². The Hall–Kier alpha value is -3.53. The maximum atomic E-state index is 12.0. The lowest BCUT2D eigenvalue weighted by atomic mass is 10.1. The molecule has 1 aromatic heterocycles. The standard InChI is InChI=1S/C24H28N6O3/c1-16(31)22(25)23(32)27-18-4-2-17(3-5-18)21-10-11-26-24(29-21)28-19-6-8-20(9-7-19)30-12-14-33-15-13-30/h2-11,16,22,31H,12-15,25H2,1H3,(H,27,32)(H,26,28,29)/t16-,22+/m0/s1. The van der Waals surface area contributed by atoms with Crippen molar-refractivity contribution >= 4 is 28.9 Å². The number of rotatable bonds is 7. The van der Waals surface area contributed by atoms with Gasteiger partial charge in [-0.1, -0.05) is 12.1 Å². The minimum Gasteiger partial charge on any atom is -0.391 e. The topological polar surface area (TPSA) is 126 Å². The Morgan fingerprint density at radius 2 is 1.73 bits per heavy atom. The van der Waals surface area contributed by atoms with Crippen LogP contribution in [0.2, 0.25) is 0 Å². The number of amides is 1. The van der Waals surface area contributed by atoms with Gasteiger partial charge in [-0.3, -0.25) is 4.79 Å². The van der Waals surface area contributed by atoms with Crippen LogP contribution in [-0.2, 0) is 9.53 Å². The molecule has 2 heterocycles. The number of nitrogens with zero attached hydrogens (tertiary/aromatic N) is 3. The first-order valence-corrected chi connectivity index (χ1v) is 10.9. The molecule has 9 heteroatoms. The molecule has 0 radical (unpaired) electrons.